The summed E-state index contributed by atoms with van der Waals surface area (Å²) in [6.45, 7) is 5.91. The van der Waals surface area contributed by atoms with Gasteiger partial charge in [-0.25, -0.2) is 5.43 Å². The van der Waals surface area contributed by atoms with Crippen LogP contribution in [0.25, 0.3) is 0 Å². The van der Waals surface area contributed by atoms with Crippen LogP contribution in [-0.2, 0) is 12.8 Å². The number of hydrogen-bond donors (Lipinski definition) is 2. The Labute approximate surface area is 158 Å². The third-order valence-corrected chi connectivity index (χ3v) is 5.97. The summed E-state index contributed by atoms with van der Waals surface area (Å²) in [5.41, 5.74) is 5.41. The molecule has 0 saturated heterocycles. The molecule has 0 saturated carbocycles. The molecule has 1 aliphatic rings. The predicted molar refractivity (Wildman–Crippen MR) is 108 cm³/mol. The van der Waals surface area contributed by atoms with E-state index in [1.165, 1.54) is 29.5 Å². The summed E-state index contributed by atoms with van der Waals surface area (Å²) >= 11 is 1.56. The molecule has 1 amide bonds. The van der Waals surface area contributed by atoms with E-state index in [0.717, 1.165) is 31.6 Å². The standard InChI is InChI=1S/C20H25N3O2S/c1-3-23(4-2)16-10-9-15(17(24)12-16)13-21-22-20(25)19-11-14-7-5-6-8-18(14)26-19/h9-13,24H,3-8H2,1-2H3,(H,22,25). The van der Waals surface area contributed by atoms with E-state index in [-0.39, 0.29) is 11.7 Å². The summed E-state index contributed by atoms with van der Waals surface area (Å²) in [6.07, 6.45) is 6.02. The number of amides is 1. The largest absolute Gasteiger partial charge is 0.507 e. The van der Waals surface area contributed by atoms with Crippen LogP contribution in [0.15, 0.2) is 29.4 Å². The van der Waals surface area contributed by atoms with Gasteiger partial charge in [0.05, 0.1) is 11.1 Å². The fourth-order valence-corrected chi connectivity index (χ4v) is 4.39. The van der Waals surface area contributed by atoms with Crippen LogP contribution in [0.4, 0.5) is 5.69 Å². The van der Waals surface area contributed by atoms with E-state index in [1.54, 1.807) is 17.4 Å². The molecule has 2 N–H and O–H groups in total. The van der Waals surface area contributed by atoms with Crippen molar-refractivity contribution in [2.45, 2.75) is 39.5 Å². The van der Waals surface area contributed by atoms with E-state index >= 15 is 0 Å². The maximum absolute atomic E-state index is 12.3. The Morgan fingerprint density at radius 1 is 1.27 bits per heavy atom. The Morgan fingerprint density at radius 3 is 2.73 bits per heavy atom. The molecule has 1 heterocycles. The monoisotopic (exact) mass is 371 g/mol. The molecule has 0 bridgehead atoms. The van der Waals surface area contributed by atoms with E-state index in [9.17, 15) is 9.90 Å². The Bertz CT molecular complexity index is 786. The summed E-state index contributed by atoms with van der Waals surface area (Å²) in [7, 11) is 0. The lowest BCUT2D eigenvalue weighted by molar-refractivity contribution is 0.0959. The van der Waals surface area contributed by atoms with Gasteiger partial charge in [-0.3, -0.25) is 4.79 Å². The van der Waals surface area contributed by atoms with Crippen molar-refractivity contribution in [2.24, 2.45) is 5.10 Å². The molecular formula is C20H25N3O2S. The number of phenols is 1. The third kappa shape index (κ3) is 4.07. The van der Waals surface area contributed by atoms with Crippen LogP contribution in [0.5, 0.6) is 5.75 Å². The lowest BCUT2D eigenvalue weighted by atomic mass is 9.99. The lowest BCUT2D eigenvalue weighted by Crippen LogP contribution is -2.21. The van der Waals surface area contributed by atoms with Crippen LogP contribution >= 0.6 is 11.3 Å². The first-order valence-corrected chi connectivity index (χ1v) is 9.97. The molecule has 0 radical (unpaired) electrons. The number of nitrogens with one attached hydrogen (secondary N) is 1. The lowest BCUT2D eigenvalue weighted by Gasteiger charge is -2.21. The minimum atomic E-state index is -0.195. The fraction of sp³-hybridized carbons (Fsp3) is 0.400. The summed E-state index contributed by atoms with van der Waals surface area (Å²) < 4.78 is 0. The SMILES string of the molecule is CCN(CC)c1ccc(C=NNC(=O)c2cc3c(s2)CCCC3)c(O)c1. The highest BCUT2D eigenvalue weighted by molar-refractivity contribution is 7.14. The number of aromatic hydroxyl groups is 1. The normalized spacial score (nSPS) is 13.6. The molecule has 0 aliphatic heterocycles. The zero-order valence-corrected chi connectivity index (χ0v) is 16.1. The molecule has 0 spiro atoms. The number of phenolic OH excluding ortho intramolecular Hbond substituents is 1. The first-order valence-electron chi connectivity index (χ1n) is 9.15. The third-order valence-electron chi connectivity index (χ3n) is 4.73. The highest BCUT2D eigenvalue weighted by Crippen LogP contribution is 2.29. The number of nitrogens with zero attached hydrogens (tertiary/aromatic N) is 2. The van der Waals surface area contributed by atoms with Gasteiger partial charge in [0.1, 0.15) is 5.75 Å². The van der Waals surface area contributed by atoms with Crippen molar-refractivity contribution in [3.05, 3.63) is 45.1 Å². The maximum Gasteiger partial charge on any atom is 0.281 e. The first kappa shape index (κ1) is 18.5. The Hall–Kier alpha value is -2.34. The number of hydrazone groups is 1. The minimum Gasteiger partial charge on any atom is -0.507 e. The molecule has 2 aromatic rings. The van der Waals surface area contributed by atoms with Gasteiger partial charge in [-0.15, -0.1) is 11.3 Å². The predicted octanol–water partition coefficient (Wildman–Crippen LogP) is 3.94. The molecule has 5 nitrogen and oxygen atoms in total. The Balaban J connectivity index is 1.64. The van der Waals surface area contributed by atoms with Crippen LogP contribution in [0.1, 0.15) is 52.4 Å². The number of carbonyl (C=O) groups excluding carboxylic acids is 1. The number of anilines is 1. The number of hydrogen-bond acceptors (Lipinski definition) is 5. The van der Waals surface area contributed by atoms with Crippen molar-refractivity contribution in [1.82, 2.24) is 5.43 Å². The Kier molecular flexibility index (Phi) is 5.93. The molecule has 0 unspecified atom stereocenters. The van der Waals surface area contributed by atoms with Crippen LogP contribution in [0, 0.1) is 0 Å². The smallest absolute Gasteiger partial charge is 0.281 e. The van der Waals surface area contributed by atoms with Crippen molar-refractivity contribution >= 4 is 29.1 Å². The molecule has 1 aromatic carbocycles. The van der Waals surface area contributed by atoms with Gasteiger partial charge < -0.3 is 10.0 Å². The van der Waals surface area contributed by atoms with E-state index in [4.69, 9.17) is 0 Å². The van der Waals surface area contributed by atoms with Gasteiger partial charge in [0.25, 0.3) is 5.91 Å². The van der Waals surface area contributed by atoms with Crippen molar-refractivity contribution in [1.29, 1.82) is 0 Å². The molecule has 138 valence electrons. The average molecular weight is 372 g/mol. The number of rotatable bonds is 6. The zero-order valence-electron chi connectivity index (χ0n) is 15.3. The van der Waals surface area contributed by atoms with Gasteiger partial charge in [0.15, 0.2) is 0 Å². The van der Waals surface area contributed by atoms with Gasteiger partial charge in [-0.1, -0.05) is 0 Å². The van der Waals surface area contributed by atoms with E-state index in [1.807, 2.05) is 18.2 Å². The average Bonchev–Trinajstić information content (AvgIpc) is 3.08. The number of carbonyl (C=O) groups is 1. The molecular weight excluding hydrogens is 346 g/mol. The van der Waals surface area contributed by atoms with Gasteiger partial charge in [0.2, 0.25) is 0 Å². The fourth-order valence-electron chi connectivity index (χ4n) is 3.24. The van der Waals surface area contributed by atoms with E-state index in [2.05, 4.69) is 29.3 Å². The summed E-state index contributed by atoms with van der Waals surface area (Å²) in [4.78, 5) is 16.5. The van der Waals surface area contributed by atoms with Crippen molar-refractivity contribution in [3.63, 3.8) is 0 Å². The first-order chi connectivity index (χ1) is 12.6. The van der Waals surface area contributed by atoms with E-state index < -0.39 is 0 Å². The van der Waals surface area contributed by atoms with E-state index in [0.29, 0.717) is 10.4 Å². The maximum atomic E-state index is 12.3. The van der Waals surface area contributed by atoms with Crippen molar-refractivity contribution < 1.29 is 9.90 Å². The van der Waals surface area contributed by atoms with Gasteiger partial charge >= 0.3 is 0 Å². The molecule has 6 heteroatoms. The number of benzene rings is 1. The molecule has 1 aromatic heterocycles. The van der Waals surface area contributed by atoms with Gasteiger partial charge in [-0.05, 0) is 63.3 Å². The number of thiophene rings is 1. The van der Waals surface area contributed by atoms with Crippen LogP contribution in [0.2, 0.25) is 0 Å². The van der Waals surface area contributed by atoms with Crippen LogP contribution in [-0.4, -0.2) is 30.3 Å². The molecule has 3 rings (SSSR count). The molecule has 26 heavy (non-hydrogen) atoms. The van der Waals surface area contributed by atoms with Gasteiger partial charge in [0, 0.05) is 35.3 Å². The topological polar surface area (TPSA) is 64.9 Å². The number of aryl methyl sites for hydroxylation is 2. The summed E-state index contributed by atoms with van der Waals surface area (Å²) in [6, 6.07) is 7.47. The zero-order chi connectivity index (χ0) is 18.5. The molecule has 0 atom stereocenters. The molecule has 0 fully saturated rings. The molecule has 1 aliphatic carbocycles. The highest BCUT2D eigenvalue weighted by atomic mass is 32.1. The second-order valence-corrected chi connectivity index (χ2v) is 7.52. The summed E-state index contributed by atoms with van der Waals surface area (Å²) in [5, 5.41) is 14.2. The minimum absolute atomic E-state index is 0.152. The quantitative estimate of drug-likeness (QED) is 0.597. The van der Waals surface area contributed by atoms with Gasteiger partial charge in [-0.2, -0.15) is 5.10 Å². The Morgan fingerprint density at radius 2 is 2.04 bits per heavy atom. The summed E-state index contributed by atoms with van der Waals surface area (Å²) in [5.74, 6) is -0.0427. The number of fused-ring (bicyclic) bond motifs is 1. The van der Waals surface area contributed by atoms with Crippen molar-refractivity contribution in [3.8, 4) is 5.75 Å². The second-order valence-electron chi connectivity index (χ2n) is 6.38. The van der Waals surface area contributed by atoms with Crippen LogP contribution in [0.3, 0.4) is 0 Å². The van der Waals surface area contributed by atoms with Crippen molar-refractivity contribution in [2.75, 3.05) is 18.0 Å². The highest BCUT2D eigenvalue weighted by Gasteiger charge is 2.16. The second kappa shape index (κ2) is 8.36. The van der Waals surface area contributed by atoms with Crippen LogP contribution < -0.4 is 10.3 Å².